The molecule has 0 saturated carbocycles. The van der Waals surface area contributed by atoms with Crippen LogP contribution in [0.3, 0.4) is 0 Å². The van der Waals surface area contributed by atoms with Crippen molar-refractivity contribution in [3.63, 3.8) is 0 Å². The second-order valence-corrected chi connectivity index (χ2v) is 6.96. The van der Waals surface area contributed by atoms with Crippen molar-refractivity contribution in [1.82, 2.24) is 10.2 Å². The van der Waals surface area contributed by atoms with Gasteiger partial charge in [0, 0.05) is 38.8 Å². The molecular formula is C20H30N2O3. The molecule has 25 heavy (non-hydrogen) atoms. The predicted octanol–water partition coefficient (Wildman–Crippen LogP) is 3.36. The van der Waals surface area contributed by atoms with Gasteiger partial charge in [0.1, 0.15) is 0 Å². The molecular weight excluding hydrogens is 316 g/mol. The van der Waals surface area contributed by atoms with Crippen LogP contribution < -0.4 is 5.32 Å². The third-order valence-corrected chi connectivity index (χ3v) is 5.21. The lowest BCUT2D eigenvalue weighted by Crippen LogP contribution is -2.46. The zero-order valence-electron chi connectivity index (χ0n) is 15.2. The molecule has 0 bridgehead atoms. The van der Waals surface area contributed by atoms with Gasteiger partial charge in [-0.05, 0) is 38.2 Å². The molecule has 0 aromatic heterocycles. The number of nitrogens with zero attached hydrogens (tertiary/aromatic N) is 1. The minimum absolute atomic E-state index is 0.00962. The van der Waals surface area contributed by atoms with Gasteiger partial charge in [0.25, 0.3) is 0 Å². The van der Waals surface area contributed by atoms with Crippen molar-refractivity contribution < 1.29 is 14.3 Å². The minimum atomic E-state index is 0.00962. The van der Waals surface area contributed by atoms with Crippen molar-refractivity contribution in [1.29, 1.82) is 0 Å². The number of hydrogen-bond donors (Lipinski definition) is 1. The van der Waals surface area contributed by atoms with Crippen molar-refractivity contribution in [3.8, 4) is 0 Å². The average molecular weight is 346 g/mol. The molecule has 2 saturated heterocycles. The summed E-state index contributed by atoms with van der Waals surface area (Å²) < 4.78 is 11.7. The highest BCUT2D eigenvalue weighted by molar-refractivity contribution is 5.74. The fourth-order valence-corrected chi connectivity index (χ4v) is 3.78. The molecule has 1 aromatic carbocycles. The molecule has 2 heterocycles. The molecule has 2 amide bonds. The molecule has 1 N–H and O–H groups in total. The normalized spacial score (nSPS) is 26.4. The summed E-state index contributed by atoms with van der Waals surface area (Å²) in [5, 5.41) is 3.13. The van der Waals surface area contributed by atoms with Crippen LogP contribution in [0.15, 0.2) is 30.3 Å². The fourth-order valence-electron chi connectivity index (χ4n) is 3.78. The van der Waals surface area contributed by atoms with Gasteiger partial charge in [0.15, 0.2) is 0 Å². The van der Waals surface area contributed by atoms with Gasteiger partial charge in [-0.15, -0.1) is 0 Å². The van der Waals surface area contributed by atoms with Gasteiger partial charge in [-0.25, -0.2) is 4.79 Å². The maximum absolute atomic E-state index is 12.6. The van der Waals surface area contributed by atoms with Crippen molar-refractivity contribution in [2.45, 2.75) is 44.8 Å². The molecule has 2 aliphatic rings. The average Bonchev–Trinajstić information content (AvgIpc) is 3.18. The first kappa shape index (κ1) is 18.2. The number of likely N-dealkylation sites (N-methyl/N-ethyl adjacent to an activating group) is 1. The van der Waals surface area contributed by atoms with Crippen molar-refractivity contribution in [2.24, 2.45) is 5.92 Å². The lowest BCUT2D eigenvalue weighted by atomic mass is 9.89. The summed E-state index contributed by atoms with van der Waals surface area (Å²) in [5.41, 5.74) is 1.20. The van der Waals surface area contributed by atoms with E-state index in [1.54, 1.807) is 0 Å². The molecule has 0 spiro atoms. The second-order valence-electron chi connectivity index (χ2n) is 6.96. The number of nitrogens with one attached hydrogen (secondary N) is 1. The summed E-state index contributed by atoms with van der Waals surface area (Å²) in [6.07, 6.45) is 4.55. The Hall–Kier alpha value is -1.59. The summed E-state index contributed by atoms with van der Waals surface area (Å²) in [4.78, 5) is 14.4. The Morgan fingerprint density at radius 1 is 1.16 bits per heavy atom. The quantitative estimate of drug-likeness (QED) is 0.859. The lowest BCUT2D eigenvalue weighted by molar-refractivity contribution is -0.0272. The summed E-state index contributed by atoms with van der Waals surface area (Å²) in [7, 11) is 0. The van der Waals surface area contributed by atoms with Crippen LogP contribution in [-0.2, 0) is 9.47 Å². The molecule has 5 heteroatoms. The number of ether oxygens (including phenoxy) is 2. The summed E-state index contributed by atoms with van der Waals surface area (Å²) in [5.74, 6) is 0.321. The molecule has 2 fully saturated rings. The number of benzene rings is 1. The van der Waals surface area contributed by atoms with Crippen LogP contribution in [0.1, 0.15) is 44.3 Å². The smallest absolute Gasteiger partial charge is 0.317 e. The Labute approximate surface area is 150 Å². The fraction of sp³-hybridized carbons (Fsp3) is 0.650. The van der Waals surface area contributed by atoms with E-state index in [0.717, 1.165) is 38.9 Å². The van der Waals surface area contributed by atoms with E-state index in [1.807, 2.05) is 30.0 Å². The highest BCUT2D eigenvalue weighted by Gasteiger charge is 2.28. The van der Waals surface area contributed by atoms with Crippen molar-refractivity contribution in [2.75, 3.05) is 32.8 Å². The Morgan fingerprint density at radius 3 is 2.64 bits per heavy atom. The zero-order valence-corrected chi connectivity index (χ0v) is 15.2. The third kappa shape index (κ3) is 4.95. The van der Waals surface area contributed by atoms with E-state index in [1.165, 1.54) is 5.56 Å². The van der Waals surface area contributed by atoms with Crippen LogP contribution in [0.25, 0.3) is 0 Å². The highest BCUT2D eigenvalue weighted by Crippen LogP contribution is 2.33. The molecule has 3 rings (SSSR count). The van der Waals surface area contributed by atoms with Crippen LogP contribution in [0.5, 0.6) is 0 Å². The number of hydrogen-bond acceptors (Lipinski definition) is 3. The van der Waals surface area contributed by atoms with Gasteiger partial charge >= 0.3 is 6.03 Å². The molecule has 0 aliphatic carbocycles. The molecule has 3 atom stereocenters. The molecule has 1 aromatic rings. The third-order valence-electron chi connectivity index (χ3n) is 5.21. The first-order valence-electron chi connectivity index (χ1n) is 9.59. The van der Waals surface area contributed by atoms with Crippen LogP contribution in [0, 0.1) is 5.92 Å². The molecule has 2 aliphatic heterocycles. The number of carbonyl (C=O) groups is 1. The van der Waals surface area contributed by atoms with E-state index >= 15 is 0 Å². The van der Waals surface area contributed by atoms with E-state index < -0.39 is 0 Å². The minimum Gasteiger partial charge on any atom is -0.376 e. The predicted molar refractivity (Wildman–Crippen MR) is 97.5 cm³/mol. The van der Waals surface area contributed by atoms with Crippen LogP contribution >= 0.6 is 0 Å². The van der Waals surface area contributed by atoms with Crippen LogP contribution in [-0.4, -0.2) is 49.9 Å². The Balaban J connectivity index is 1.53. The topological polar surface area (TPSA) is 50.8 Å². The van der Waals surface area contributed by atoms with Crippen LogP contribution in [0.4, 0.5) is 4.79 Å². The van der Waals surface area contributed by atoms with E-state index in [9.17, 15) is 4.79 Å². The summed E-state index contributed by atoms with van der Waals surface area (Å²) in [6.45, 7) is 5.68. The molecule has 3 unspecified atom stereocenters. The van der Waals surface area contributed by atoms with Gasteiger partial charge in [0.2, 0.25) is 0 Å². The number of amides is 2. The zero-order chi connectivity index (χ0) is 17.5. The van der Waals surface area contributed by atoms with Gasteiger partial charge in [-0.3, -0.25) is 0 Å². The maximum atomic E-state index is 12.6. The molecule has 0 radical (unpaired) electrons. The Morgan fingerprint density at radius 2 is 1.92 bits per heavy atom. The maximum Gasteiger partial charge on any atom is 0.317 e. The number of rotatable bonds is 6. The van der Waals surface area contributed by atoms with Crippen molar-refractivity contribution in [3.05, 3.63) is 35.9 Å². The summed E-state index contributed by atoms with van der Waals surface area (Å²) >= 11 is 0. The molecule has 5 nitrogen and oxygen atoms in total. The highest BCUT2D eigenvalue weighted by atomic mass is 16.5. The SMILES string of the molecule is CCN(CC1CCCO1)C(=O)NCC1CCCOC1c1ccccc1. The number of urea groups is 1. The van der Waals surface area contributed by atoms with E-state index in [-0.39, 0.29) is 18.2 Å². The summed E-state index contributed by atoms with van der Waals surface area (Å²) in [6, 6.07) is 10.3. The number of carbonyl (C=O) groups excluding carboxylic acids is 1. The molecule has 138 valence electrons. The van der Waals surface area contributed by atoms with Gasteiger partial charge in [-0.2, -0.15) is 0 Å². The van der Waals surface area contributed by atoms with Gasteiger partial charge in [-0.1, -0.05) is 30.3 Å². The first-order chi connectivity index (χ1) is 12.3. The Bertz CT molecular complexity index is 531. The van der Waals surface area contributed by atoms with Crippen molar-refractivity contribution >= 4 is 6.03 Å². The van der Waals surface area contributed by atoms with Gasteiger partial charge in [0.05, 0.1) is 12.2 Å². The van der Waals surface area contributed by atoms with E-state index in [0.29, 0.717) is 25.6 Å². The van der Waals surface area contributed by atoms with Crippen LogP contribution in [0.2, 0.25) is 0 Å². The largest absolute Gasteiger partial charge is 0.376 e. The second kappa shape index (κ2) is 9.20. The van der Waals surface area contributed by atoms with E-state index in [4.69, 9.17) is 9.47 Å². The monoisotopic (exact) mass is 346 g/mol. The first-order valence-corrected chi connectivity index (χ1v) is 9.59. The standard InChI is InChI=1S/C20H30N2O3/c1-2-22(15-18-11-7-12-24-18)20(23)21-14-17-10-6-13-25-19(17)16-8-4-3-5-9-16/h3-5,8-9,17-19H,2,6-7,10-15H2,1H3,(H,21,23). The van der Waals surface area contributed by atoms with Gasteiger partial charge < -0.3 is 19.7 Å². The Kier molecular flexibility index (Phi) is 6.70. The van der Waals surface area contributed by atoms with E-state index in [2.05, 4.69) is 17.4 Å². The lowest BCUT2D eigenvalue weighted by Gasteiger charge is -2.33.